The molecule has 1 N–H and O–H groups in total. The van der Waals surface area contributed by atoms with Gasteiger partial charge in [0.15, 0.2) is 0 Å². The minimum absolute atomic E-state index is 0.665. The van der Waals surface area contributed by atoms with E-state index in [0.29, 0.717) is 12.1 Å². The van der Waals surface area contributed by atoms with E-state index in [0.717, 1.165) is 0 Å². The molecule has 108 valence electrons. The number of aromatic nitrogens is 1. The van der Waals surface area contributed by atoms with Gasteiger partial charge in [-0.25, -0.2) is 4.98 Å². The number of fused-ring (bicyclic) bond motifs is 1. The average molecular weight is 271 g/mol. The predicted molar refractivity (Wildman–Crippen MR) is 82.3 cm³/mol. The summed E-state index contributed by atoms with van der Waals surface area (Å²) in [5.41, 5.74) is 2.85. The lowest BCUT2D eigenvalue weighted by Crippen LogP contribution is -2.50. The van der Waals surface area contributed by atoms with Gasteiger partial charge in [0.2, 0.25) is 0 Å². The van der Waals surface area contributed by atoms with Crippen molar-refractivity contribution in [3.8, 4) is 0 Å². The normalized spacial score (nSPS) is 29.7. The molecule has 0 aromatic carbocycles. The Labute approximate surface area is 121 Å². The molecular weight excluding hydrogens is 246 g/mol. The molecule has 3 heterocycles. The summed E-state index contributed by atoms with van der Waals surface area (Å²) in [5, 5.41) is 3.71. The van der Waals surface area contributed by atoms with Crippen molar-refractivity contribution in [2.24, 2.45) is 0 Å². The highest BCUT2D eigenvalue weighted by Crippen LogP contribution is 2.30. The number of piperidine rings is 1. The summed E-state index contributed by atoms with van der Waals surface area (Å²) in [5.74, 6) is 1.24. The van der Waals surface area contributed by atoms with E-state index in [2.05, 4.69) is 22.3 Å². The molecule has 1 aliphatic carbocycles. The molecule has 3 nitrogen and oxygen atoms in total. The van der Waals surface area contributed by atoms with Gasteiger partial charge >= 0.3 is 0 Å². The predicted octanol–water partition coefficient (Wildman–Crippen LogP) is 2.68. The van der Waals surface area contributed by atoms with Gasteiger partial charge in [-0.3, -0.25) is 0 Å². The quantitative estimate of drug-likeness (QED) is 0.896. The third-order valence-corrected chi connectivity index (χ3v) is 5.32. The molecule has 3 heteroatoms. The molecule has 2 atom stereocenters. The lowest BCUT2D eigenvalue weighted by molar-refractivity contribution is 0.376. The number of nitrogens with zero attached hydrogens (tertiary/aromatic N) is 2. The molecule has 0 amide bonds. The zero-order chi connectivity index (χ0) is 13.4. The first-order chi connectivity index (χ1) is 9.92. The van der Waals surface area contributed by atoms with Crippen LogP contribution >= 0.6 is 0 Å². The lowest BCUT2D eigenvalue weighted by atomic mass is 9.94. The Morgan fingerprint density at radius 1 is 1.05 bits per heavy atom. The lowest BCUT2D eigenvalue weighted by Gasteiger charge is -2.40. The third kappa shape index (κ3) is 2.22. The van der Waals surface area contributed by atoms with Crippen molar-refractivity contribution in [3.05, 3.63) is 23.4 Å². The Morgan fingerprint density at radius 2 is 2.05 bits per heavy atom. The maximum atomic E-state index is 5.00. The summed E-state index contributed by atoms with van der Waals surface area (Å²) in [6.45, 7) is 2.39. The van der Waals surface area contributed by atoms with Gasteiger partial charge in [-0.15, -0.1) is 0 Å². The first kappa shape index (κ1) is 12.6. The van der Waals surface area contributed by atoms with Crippen molar-refractivity contribution >= 4 is 5.82 Å². The van der Waals surface area contributed by atoms with Crippen LogP contribution in [0.5, 0.6) is 0 Å². The zero-order valence-corrected chi connectivity index (χ0v) is 12.3. The zero-order valence-electron chi connectivity index (χ0n) is 12.3. The second-order valence-corrected chi connectivity index (χ2v) is 6.59. The third-order valence-electron chi connectivity index (χ3n) is 5.32. The van der Waals surface area contributed by atoms with Crippen molar-refractivity contribution in [1.82, 2.24) is 10.3 Å². The van der Waals surface area contributed by atoms with Crippen LogP contribution < -0.4 is 10.2 Å². The van der Waals surface area contributed by atoms with Crippen molar-refractivity contribution in [2.45, 2.75) is 63.5 Å². The summed E-state index contributed by atoms with van der Waals surface area (Å²) in [6, 6.07) is 5.96. The van der Waals surface area contributed by atoms with Crippen LogP contribution in [0.2, 0.25) is 0 Å². The smallest absolute Gasteiger partial charge is 0.129 e. The van der Waals surface area contributed by atoms with Gasteiger partial charge in [-0.05, 0) is 69.5 Å². The van der Waals surface area contributed by atoms with Crippen LogP contribution in [0.1, 0.15) is 49.8 Å². The fourth-order valence-corrected chi connectivity index (χ4v) is 4.27. The minimum atomic E-state index is 0.665. The second kappa shape index (κ2) is 5.36. The van der Waals surface area contributed by atoms with Gasteiger partial charge in [-0.1, -0.05) is 6.07 Å². The fraction of sp³-hybridized carbons (Fsp3) is 0.706. The number of anilines is 1. The first-order valence-corrected chi connectivity index (χ1v) is 8.41. The molecule has 2 aliphatic heterocycles. The standard InChI is InChI=1S/C17H25N3/c1-2-12-20(16(8-1)15-7-4-11-18-15)17-10-9-13-5-3-6-14(13)19-17/h9-10,15-16,18H,1-8,11-12H2. The van der Waals surface area contributed by atoms with Crippen molar-refractivity contribution in [3.63, 3.8) is 0 Å². The van der Waals surface area contributed by atoms with Crippen molar-refractivity contribution in [1.29, 1.82) is 0 Å². The van der Waals surface area contributed by atoms with E-state index < -0.39 is 0 Å². The number of aryl methyl sites for hydroxylation is 2. The molecule has 2 unspecified atom stereocenters. The monoisotopic (exact) mass is 271 g/mol. The second-order valence-electron chi connectivity index (χ2n) is 6.59. The molecule has 0 radical (unpaired) electrons. The van der Waals surface area contributed by atoms with Crippen molar-refractivity contribution < 1.29 is 0 Å². The topological polar surface area (TPSA) is 28.2 Å². The summed E-state index contributed by atoms with van der Waals surface area (Å²) in [4.78, 5) is 7.60. The Kier molecular flexibility index (Phi) is 3.39. The molecule has 0 bridgehead atoms. The summed E-state index contributed by atoms with van der Waals surface area (Å²) in [6.07, 6.45) is 10.4. The Bertz CT molecular complexity index is 479. The summed E-state index contributed by atoms with van der Waals surface area (Å²) >= 11 is 0. The van der Waals surface area contributed by atoms with Gasteiger partial charge in [0.1, 0.15) is 5.82 Å². The number of pyridine rings is 1. The number of hydrogen-bond donors (Lipinski definition) is 1. The van der Waals surface area contributed by atoms with Gasteiger partial charge in [-0.2, -0.15) is 0 Å². The van der Waals surface area contributed by atoms with Crippen LogP contribution in [0.25, 0.3) is 0 Å². The molecule has 20 heavy (non-hydrogen) atoms. The highest BCUT2D eigenvalue weighted by atomic mass is 15.2. The van der Waals surface area contributed by atoms with Gasteiger partial charge in [0.25, 0.3) is 0 Å². The number of nitrogens with one attached hydrogen (secondary N) is 1. The summed E-state index contributed by atoms with van der Waals surface area (Å²) < 4.78 is 0. The van der Waals surface area contributed by atoms with Gasteiger partial charge in [0.05, 0.1) is 0 Å². The van der Waals surface area contributed by atoms with E-state index in [4.69, 9.17) is 4.98 Å². The average Bonchev–Trinajstić information content (AvgIpc) is 3.18. The Balaban J connectivity index is 1.60. The molecule has 2 saturated heterocycles. The van der Waals surface area contributed by atoms with Crippen LogP contribution in [-0.4, -0.2) is 30.2 Å². The summed E-state index contributed by atoms with van der Waals surface area (Å²) in [7, 11) is 0. The molecule has 1 aromatic heterocycles. The fourth-order valence-electron chi connectivity index (χ4n) is 4.27. The largest absolute Gasteiger partial charge is 0.352 e. The van der Waals surface area contributed by atoms with Crippen LogP contribution in [0.15, 0.2) is 12.1 Å². The van der Waals surface area contributed by atoms with Gasteiger partial charge < -0.3 is 10.2 Å². The van der Waals surface area contributed by atoms with Crippen molar-refractivity contribution in [2.75, 3.05) is 18.0 Å². The highest BCUT2D eigenvalue weighted by molar-refractivity contribution is 5.45. The molecule has 3 aliphatic rings. The number of hydrogen-bond acceptors (Lipinski definition) is 3. The SMILES string of the molecule is c1cc2c(nc1N1CCCCC1C1CCCN1)CCC2. The van der Waals surface area contributed by atoms with E-state index in [1.807, 2.05) is 0 Å². The molecule has 2 fully saturated rings. The van der Waals surface area contributed by atoms with E-state index >= 15 is 0 Å². The first-order valence-electron chi connectivity index (χ1n) is 8.41. The molecule has 0 spiro atoms. The van der Waals surface area contributed by atoms with Gasteiger partial charge in [0, 0.05) is 24.3 Å². The maximum absolute atomic E-state index is 5.00. The van der Waals surface area contributed by atoms with Crippen LogP contribution in [0.3, 0.4) is 0 Å². The van der Waals surface area contributed by atoms with E-state index in [-0.39, 0.29) is 0 Å². The van der Waals surface area contributed by atoms with E-state index in [1.165, 1.54) is 81.5 Å². The maximum Gasteiger partial charge on any atom is 0.129 e. The number of rotatable bonds is 2. The van der Waals surface area contributed by atoms with E-state index in [9.17, 15) is 0 Å². The molecule has 0 saturated carbocycles. The Morgan fingerprint density at radius 3 is 2.95 bits per heavy atom. The van der Waals surface area contributed by atoms with E-state index in [1.54, 1.807) is 0 Å². The van der Waals surface area contributed by atoms with Crippen LogP contribution in [-0.2, 0) is 12.8 Å². The Hall–Kier alpha value is -1.09. The molecule has 4 rings (SSSR count). The molecular formula is C17H25N3. The van der Waals surface area contributed by atoms with Crippen LogP contribution in [0.4, 0.5) is 5.82 Å². The highest BCUT2D eigenvalue weighted by Gasteiger charge is 2.32. The van der Waals surface area contributed by atoms with Crippen LogP contribution in [0, 0.1) is 0 Å². The molecule has 1 aromatic rings. The minimum Gasteiger partial charge on any atom is -0.352 e.